The largest absolute Gasteiger partial charge is 0.493 e. The molecule has 0 spiro atoms. The third-order valence-corrected chi connectivity index (χ3v) is 5.19. The number of nitrogens with zero attached hydrogens (tertiary/aromatic N) is 1. The van der Waals surface area contributed by atoms with Gasteiger partial charge in [-0.25, -0.2) is 14.5 Å². The highest BCUT2D eigenvalue weighted by Gasteiger charge is 2.36. The molecule has 0 aromatic heterocycles. The number of imide groups is 2. The van der Waals surface area contributed by atoms with Crippen LogP contribution in [0, 0.1) is 0 Å². The van der Waals surface area contributed by atoms with Gasteiger partial charge in [-0.3, -0.25) is 14.9 Å². The standard InChI is InChI=1S/C24H23ClN2O7/c1-4-14-6-8-16(9-7-14)27-23(30)17(22(29)26-24(27)31)10-15-11-18(25)21(19(12-15)32-3)34-13-20(28)33-5-2/h6-12H,4-5,13H2,1-3H3,(H,26,29,31)/b17-10-. The zero-order chi connectivity index (χ0) is 24.8. The maximum Gasteiger partial charge on any atom is 0.344 e. The monoisotopic (exact) mass is 486 g/mol. The minimum absolute atomic E-state index is 0.0854. The predicted molar refractivity (Wildman–Crippen MR) is 125 cm³/mol. The van der Waals surface area contributed by atoms with Crippen molar-refractivity contribution in [2.75, 3.05) is 25.2 Å². The van der Waals surface area contributed by atoms with Gasteiger partial charge in [0.1, 0.15) is 5.57 Å². The first-order valence-corrected chi connectivity index (χ1v) is 10.8. The van der Waals surface area contributed by atoms with Gasteiger partial charge in [-0.2, -0.15) is 0 Å². The van der Waals surface area contributed by atoms with E-state index in [0.29, 0.717) is 11.3 Å². The van der Waals surface area contributed by atoms with E-state index in [1.165, 1.54) is 25.3 Å². The molecule has 9 nitrogen and oxygen atoms in total. The third-order valence-electron chi connectivity index (χ3n) is 4.91. The van der Waals surface area contributed by atoms with Gasteiger partial charge < -0.3 is 14.2 Å². The molecule has 34 heavy (non-hydrogen) atoms. The summed E-state index contributed by atoms with van der Waals surface area (Å²) in [5.41, 5.74) is 1.45. The first-order chi connectivity index (χ1) is 16.3. The van der Waals surface area contributed by atoms with E-state index in [9.17, 15) is 19.2 Å². The summed E-state index contributed by atoms with van der Waals surface area (Å²) in [6, 6.07) is 8.96. The van der Waals surface area contributed by atoms with E-state index in [4.69, 9.17) is 25.8 Å². The Hall–Kier alpha value is -3.85. The van der Waals surface area contributed by atoms with Crippen molar-refractivity contribution in [2.24, 2.45) is 0 Å². The molecule has 1 aliphatic rings. The molecule has 1 fully saturated rings. The molecule has 1 heterocycles. The molecule has 0 atom stereocenters. The van der Waals surface area contributed by atoms with Gasteiger partial charge in [0.05, 0.1) is 24.4 Å². The summed E-state index contributed by atoms with van der Waals surface area (Å²) in [6.07, 6.45) is 2.09. The first kappa shape index (κ1) is 24.8. The summed E-state index contributed by atoms with van der Waals surface area (Å²) in [4.78, 5) is 50.4. The molecule has 0 aliphatic carbocycles. The van der Waals surface area contributed by atoms with Crippen LogP contribution in [0.25, 0.3) is 6.08 Å². The molecular formula is C24H23ClN2O7. The number of nitrogens with one attached hydrogen (secondary N) is 1. The number of carbonyl (C=O) groups excluding carboxylic acids is 4. The molecule has 0 saturated carbocycles. The molecule has 4 amide bonds. The lowest BCUT2D eigenvalue weighted by Crippen LogP contribution is -2.54. The SMILES string of the molecule is CCOC(=O)COc1c(Cl)cc(/C=C2/C(=O)NC(=O)N(c3ccc(CC)cc3)C2=O)cc1OC. The fourth-order valence-electron chi connectivity index (χ4n) is 3.24. The fourth-order valence-corrected chi connectivity index (χ4v) is 3.51. The summed E-state index contributed by atoms with van der Waals surface area (Å²) < 4.78 is 15.5. The fraction of sp³-hybridized carbons (Fsp3) is 0.250. The van der Waals surface area contributed by atoms with Crippen LogP contribution < -0.4 is 19.7 Å². The Labute approximate surface area is 201 Å². The average molecular weight is 487 g/mol. The summed E-state index contributed by atoms with van der Waals surface area (Å²) >= 11 is 6.30. The van der Waals surface area contributed by atoms with Crippen LogP contribution in [0.4, 0.5) is 10.5 Å². The van der Waals surface area contributed by atoms with Gasteiger partial charge in [-0.15, -0.1) is 0 Å². The summed E-state index contributed by atoms with van der Waals surface area (Å²) in [5, 5.41) is 2.26. The van der Waals surface area contributed by atoms with Crippen molar-refractivity contribution < 1.29 is 33.4 Å². The zero-order valence-electron chi connectivity index (χ0n) is 18.8. The number of aryl methyl sites for hydroxylation is 1. The Bertz CT molecular complexity index is 1160. The predicted octanol–water partition coefficient (Wildman–Crippen LogP) is 3.52. The van der Waals surface area contributed by atoms with E-state index >= 15 is 0 Å². The number of methoxy groups -OCH3 is 1. The van der Waals surface area contributed by atoms with Crippen molar-refractivity contribution in [1.82, 2.24) is 5.32 Å². The topological polar surface area (TPSA) is 111 Å². The number of urea groups is 1. The summed E-state index contributed by atoms with van der Waals surface area (Å²) in [5.74, 6) is -1.92. The second-order valence-electron chi connectivity index (χ2n) is 7.11. The van der Waals surface area contributed by atoms with Gasteiger partial charge >= 0.3 is 12.0 Å². The molecule has 0 unspecified atom stereocenters. The molecule has 3 rings (SSSR count). The number of carbonyl (C=O) groups is 4. The van der Waals surface area contributed by atoms with Crippen LogP contribution in [-0.2, 0) is 25.5 Å². The molecule has 2 aromatic carbocycles. The van der Waals surface area contributed by atoms with Crippen LogP contribution in [0.5, 0.6) is 11.5 Å². The van der Waals surface area contributed by atoms with Gasteiger partial charge in [0.15, 0.2) is 18.1 Å². The lowest BCUT2D eigenvalue weighted by Gasteiger charge is -2.26. The van der Waals surface area contributed by atoms with Crippen LogP contribution >= 0.6 is 11.6 Å². The Balaban J connectivity index is 1.92. The maximum absolute atomic E-state index is 13.1. The van der Waals surface area contributed by atoms with Gasteiger partial charge in [-0.05, 0) is 54.8 Å². The lowest BCUT2D eigenvalue weighted by atomic mass is 10.1. The lowest BCUT2D eigenvalue weighted by molar-refractivity contribution is -0.145. The number of rotatable bonds is 8. The molecule has 1 saturated heterocycles. The van der Waals surface area contributed by atoms with Crippen LogP contribution in [-0.4, -0.2) is 44.1 Å². The maximum atomic E-state index is 13.1. The first-order valence-electron chi connectivity index (χ1n) is 10.4. The Morgan fingerprint density at radius 1 is 1.12 bits per heavy atom. The van der Waals surface area contributed by atoms with E-state index in [1.54, 1.807) is 31.2 Å². The summed E-state index contributed by atoms with van der Waals surface area (Å²) in [6.45, 7) is 3.49. The molecular weight excluding hydrogens is 464 g/mol. The van der Waals surface area contributed by atoms with E-state index in [1.807, 2.05) is 6.92 Å². The van der Waals surface area contributed by atoms with Crippen molar-refractivity contribution >= 4 is 47.2 Å². The van der Waals surface area contributed by atoms with Gasteiger partial charge in [0.25, 0.3) is 11.8 Å². The minimum Gasteiger partial charge on any atom is -0.493 e. The van der Waals surface area contributed by atoms with Crippen molar-refractivity contribution in [3.63, 3.8) is 0 Å². The number of anilines is 1. The molecule has 0 bridgehead atoms. The Morgan fingerprint density at radius 2 is 1.82 bits per heavy atom. The number of ether oxygens (including phenoxy) is 3. The van der Waals surface area contributed by atoms with E-state index < -0.39 is 23.8 Å². The van der Waals surface area contributed by atoms with Crippen LogP contribution in [0.3, 0.4) is 0 Å². The van der Waals surface area contributed by atoms with Crippen LogP contribution in [0.1, 0.15) is 25.0 Å². The highest BCUT2D eigenvalue weighted by molar-refractivity contribution is 6.39. The third kappa shape index (κ3) is 5.37. The quantitative estimate of drug-likeness (QED) is 0.345. The van der Waals surface area contributed by atoms with Crippen molar-refractivity contribution in [1.29, 1.82) is 0 Å². The van der Waals surface area contributed by atoms with Gasteiger partial charge in [-0.1, -0.05) is 30.7 Å². The molecule has 10 heteroatoms. The van der Waals surface area contributed by atoms with Gasteiger partial charge in [0.2, 0.25) is 0 Å². The number of hydrogen-bond donors (Lipinski definition) is 1. The highest BCUT2D eigenvalue weighted by atomic mass is 35.5. The molecule has 2 aromatic rings. The zero-order valence-corrected chi connectivity index (χ0v) is 19.6. The molecule has 178 valence electrons. The Kier molecular flexibility index (Phi) is 7.91. The Morgan fingerprint density at radius 3 is 2.44 bits per heavy atom. The number of benzene rings is 2. The van der Waals surface area contributed by atoms with E-state index in [2.05, 4.69) is 5.32 Å². The second kappa shape index (κ2) is 10.8. The van der Waals surface area contributed by atoms with Crippen molar-refractivity contribution in [2.45, 2.75) is 20.3 Å². The smallest absolute Gasteiger partial charge is 0.344 e. The van der Waals surface area contributed by atoms with Crippen molar-refractivity contribution in [3.05, 3.63) is 58.1 Å². The number of amides is 4. The normalized spacial score (nSPS) is 14.8. The highest BCUT2D eigenvalue weighted by Crippen LogP contribution is 2.37. The van der Waals surface area contributed by atoms with Gasteiger partial charge in [0, 0.05) is 0 Å². The number of esters is 1. The van der Waals surface area contributed by atoms with Crippen molar-refractivity contribution in [3.8, 4) is 11.5 Å². The van der Waals surface area contributed by atoms with E-state index in [-0.39, 0.29) is 35.3 Å². The average Bonchev–Trinajstić information content (AvgIpc) is 2.81. The molecule has 1 aliphatic heterocycles. The molecule has 0 radical (unpaired) electrons. The van der Waals surface area contributed by atoms with Crippen LogP contribution in [0.2, 0.25) is 5.02 Å². The van der Waals surface area contributed by atoms with Crippen LogP contribution in [0.15, 0.2) is 42.0 Å². The van der Waals surface area contributed by atoms with E-state index in [0.717, 1.165) is 16.9 Å². The summed E-state index contributed by atoms with van der Waals surface area (Å²) in [7, 11) is 1.37. The second-order valence-corrected chi connectivity index (χ2v) is 7.51. The molecule has 1 N–H and O–H groups in total. The minimum atomic E-state index is -0.839. The number of barbiturate groups is 1. The number of halogens is 1. The number of hydrogen-bond acceptors (Lipinski definition) is 7.